The number of anilines is 1. The molecule has 1 fully saturated rings. The largest absolute Gasteiger partial charge is 0.495 e. The van der Waals surface area contributed by atoms with E-state index in [1.807, 2.05) is 30.5 Å². The van der Waals surface area contributed by atoms with Crippen molar-refractivity contribution in [2.24, 2.45) is 5.92 Å². The van der Waals surface area contributed by atoms with Gasteiger partial charge in [-0.05, 0) is 31.0 Å². The summed E-state index contributed by atoms with van der Waals surface area (Å²) in [7, 11) is 1.59. The van der Waals surface area contributed by atoms with Gasteiger partial charge in [-0.2, -0.15) is 0 Å². The number of carbonyl (C=O) groups is 1. The van der Waals surface area contributed by atoms with Gasteiger partial charge in [0.1, 0.15) is 11.6 Å². The first-order valence-corrected chi connectivity index (χ1v) is 8.13. The van der Waals surface area contributed by atoms with E-state index in [1.54, 1.807) is 13.3 Å². The van der Waals surface area contributed by atoms with Crippen molar-refractivity contribution in [2.45, 2.75) is 13.0 Å². The number of methoxy groups -OCH3 is 1. The zero-order valence-corrected chi connectivity index (χ0v) is 13.8. The van der Waals surface area contributed by atoms with Crippen molar-refractivity contribution >= 4 is 11.7 Å². The van der Waals surface area contributed by atoms with Crippen molar-refractivity contribution in [2.75, 3.05) is 32.1 Å². The van der Waals surface area contributed by atoms with E-state index >= 15 is 0 Å². The summed E-state index contributed by atoms with van der Waals surface area (Å²) >= 11 is 0. The van der Waals surface area contributed by atoms with Crippen molar-refractivity contribution in [3.8, 4) is 5.75 Å². The molecule has 1 aliphatic heterocycles. The fraction of sp³-hybridized carbons (Fsp3) is 0.412. The van der Waals surface area contributed by atoms with Gasteiger partial charge in [-0.1, -0.05) is 12.1 Å². The Morgan fingerprint density at radius 3 is 3.12 bits per heavy atom. The molecule has 1 aliphatic rings. The number of benzene rings is 1. The van der Waals surface area contributed by atoms with Gasteiger partial charge in [0.15, 0.2) is 0 Å². The third kappa shape index (κ3) is 4.26. The minimum absolute atomic E-state index is 0.205. The summed E-state index contributed by atoms with van der Waals surface area (Å²) in [5, 5.41) is 5.78. The molecule has 0 bridgehead atoms. The first-order valence-electron chi connectivity index (χ1n) is 8.13. The fourth-order valence-electron chi connectivity index (χ4n) is 2.97. The second-order valence-corrected chi connectivity index (χ2v) is 5.96. The summed E-state index contributed by atoms with van der Waals surface area (Å²) in [6.45, 7) is 3.49. The molecule has 7 nitrogen and oxygen atoms in total. The van der Waals surface area contributed by atoms with Crippen LogP contribution in [0.2, 0.25) is 0 Å². The monoisotopic (exact) mass is 329 g/mol. The lowest BCUT2D eigenvalue weighted by atomic mass is 10.1. The molecule has 1 unspecified atom stereocenters. The minimum atomic E-state index is -0.205. The first-order chi connectivity index (χ1) is 11.7. The number of hydrogen-bond donors (Lipinski definition) is 3. The van der Waals surface area contributed by atoms with Crippen LogP contribution in [-0.2, 0) is 6.54 Å². The van der Waals surface area contributed by atoms with E-state index in [1.165, 1.54) is 0 Å². The number of amides is 2. The normalized spacial score (nSPS) is 17.6. The Labute approximate surface area is 141 Å². The topological polar surface area (TPSA) is 82.3 Å². The Morgan fingerprint density at radius 2 is 2.33 bits per heavy atom. The average Bonchev–Trinajstić information content (AvgIpc) is 3.26. The number of rotatable bonds is 6. The fourth-order valence-corrected chi connectivity index (χ4v) is 2.97. The number of H-pyrrole nitrogens is 1. The van der Waals surface area contributed by atoms with Gasteiger partial charge in [-0.15, -0.1) is 0 Å². The van der Waals surface area contributed by atoms with E-state index in [-0.39, 0.29) is 6.03 Å². The van der Waals surface area contributed by atoms with E-state index in [9.17, 15) is 4.79 Å². The molecule has 2 heterocycles. The van der Waals surface area contributed by atoms with Crippen LogP contribution in [-0.4, -0.2) is 47.6 Å². The second-order valence-electron chi connectivity index (χ2n) is 5.96. The van der Waals surface area contributed by atoms with Gasteiger partial charge < -0.3 is 20.4 Å². The summed E-state index contributed by atoms with van der Waals surface area (Å²) in [5.74, 6) is 2.10. The quantitative estimate of drug-likeness (QED) is 0.758. The van der Waals surface area contributed by atoms with Gasteiger partial charge in [-0.25, -0.2) is 9.78 Å². The first kappa shape index (κ1) is 16.3. The van der Waals surface area contributed by atoms with Crippen LogP contribution in [0.1, 0.15) is 12.2 Å². The highest BCUT2D eigenvalue weighted by Gasteiger charge is 2.23. The molecule has 0 radical (unpaired) electrons. The number of aromatic amines is 1. The van der Waals surface area contributed by atoms with Crippen LogP contribution in [0.15, 0.2) is 36.7 Å². The third-order valence-electron chi connectivity index (χ3n) is 4.20. The van der Waals surface area contributed by atoms with Crippen LogP contribution in [0.5, 0.6) is 5.75 Å². The zero-order valence-electron chi connectivity index (χ0n) is 13.8. The van der Waals surface area contributed by atoms with Crippen LogP contribution in [0, 0.1) is 5.92 Å². The van der Waals surface area contributed by atoms with Crippen molar-refractivity contribution in [3.63, 3.8) is 0 Å². The van der Waals surface area contributed by atoms with Gasteiger partial charge in [0.05, 0.1) is 19.3 Å². The van der Waals surface area contributed by atoms with Crippen molar-refractivity contribution < 1.29 is 9.53 Å². The van der Waals surface area contributed by atoms with E-state index in [0.717, 1.165) is 31.9 Å². The van der Waals surface area contributed by atoms with E-state index < -0.39 is 0 Å². The Balaban J connectivity index is 1.42. The second kappa shape index (κ2) is 7.83. The van der Waals surface area contributed by atoms with Gasteiger partial charge in [0.25, 0.3) is 0 Å². The molecule has 2 aromatic rings. The van der Waals surface area contributed by atoms with Gasteiger partial charge >= 0.3 is 6.03 Å². The van der Waals surface area contributed by atoms with Crippen LogP contribution >= 0.6 is 0 Å². The number of carbonyl (C=O) groups excluding carboxylic acids is 1. The molecule has 1 atom stereocenters. The van der Waals surface area contributed by atoms with Crippen molar-refractivity contribution in [1.29, 1.82) is 0 Å². The smallest absolute Gasteiger partial charge is 0.319 e. The maximum absolute atomic E-state index is 12.1. The number of hydrogen-bond acceptors (Lipinski definition) is 4. The highest BCUT2D eigenvalue weighted by Crippen LogP contribution is 2.23. The number of nitrogens with one attached hydrogen (secondary N) is 3. The summed E-state index contributed by atoms with van der Waals surface area (Å²) in [4.78, 5) is 21.8. The maximum Gasteiger partial charge on any atom is 0.319 e. The SMILES string of the molecule is COc1ccccc1NC(=O)NCC1CCN(Cc2ncc[nH]2)C1. The summed E-state index contributed by atoms with van der Waals surface area (Å²) in [6, 6.07) is 7.16. The van der Waals surface area contributed by atoms with Crippen LogP contribution in [0.25, 0.3) is 0 Å². The molecule has 2 amide bonds. The molecular weight excluding hydrogens is 306 g/mol. The summed E-state index contributed by atoms with van der Waals surface area (Å²) in [6.07, 6.45) is 4.69. The Hall–Kier alpha value is -2.54. The molecule has 1 saturated heterocycles. The molecule has 24 heavy (non-hydrogen) atoms. The molecule has 0 aliphatic carbocycles. The highest BCUT2D eigenvalue weighted by atomic mass is 16.5. The van der Waals surface area contributed by atoms with Gasteiger partial charge in [0, 0.05) is 25.5 Å². The number of nitrogens with zero attached hydrogens (tertiary/aromatic N) is 2. The Kier molecular flexibility index (Phi) is 5.32. The van der Waals surface area contributed by atoms with Gasteiger partial charge in [0.2, 0.25) is 0 Å². The highest BCUT2D eigenvalue weighted by molar-refractivity contribution is 5.90. The molecule has 1 aromatic heterocycles. The Bertz CT molecular complexity index is 659. The number of ether oxygens (including phenoxy) is 1. The average molecular weight is 329 g/mol. The number of imidazole rings is 1. The molecule has 3 rings (SSSR count). The van der Waals surface area contributed by atoms with Crippen LogP contribution in [0.4, 0.5) is 10.5 Å². The predicted octanol–water partition coefficient (Wildman–Crippen LogP) is 2.06. The van der Waals surface area contributed by atoms with Gasteiger partial charge in [-0.3, -0.25) is 4.90 Å². The van der Waals surface area contributed by atoms with E-state index in [4.69, 9.17) is 4.74 Å². The van der Waals surface area contributed by atoms with E-state index in [2.05, 4.69) is 25.5 Å². The molecule has 7 heteroatoms. The minimum Gasteiger partial charge on any atom is -0.495 e. The number of aromatic nitrogens is 2. The lowest BCUT2D eigenvalue weighted by Crippen LogP contribution is -2.34. The third-order valence-corrected chi connectivity index (χ3v) is 4.20. The number of urea groups is 1. The summed E-state index contributed by atoms with van der Waals surface area (Å²) < 4.78 is 5.23. The lowest BCUT2D eigenvalue weighted by molar-refractivity contribution is 0.249. The molecular formula is C17H23N5O2. The Morgan fingerprint density at radius 1 is 1.46 bits per heavy atom. The number of para-hydroxylation sites is 2. The molecule has 3 N–H and O–H groups in total. The van der Waals surface area contributed by atoms with Crippen molar-refractivity contribution in [1.82, 2.24) is 20.2 Å². The standard InChI is InChI=1S/C17H23N5O2/c1-24-15-5-3-2-4-14(15)21-17(23)20-10-13-6-9-22(11-13)12-16-18-7-8-19-16/h2-5,7-8,13H,6,9-12H2,1H3,(H,18,19)(H2,20,21,23). The van der Waals surface area contributed by atoms with Crippen LogP contribution in [0.3, 0.4) is 0 Å². The maximum atomic E-state index is 12.1. The van der Waals surface area contributed by atoms with Crippen LogP contribution < -0.4 is 15.4 Å². The molecule has 0 spiro atoms. The van der Waals surface area contributed by atoms with E-state index in [0.29, 0.717) is 23.9 Å². The molecule has 1 aromatic carbocycles. The zero-order chi connectivity index (χ0) is 16.8. The number of likely N-dealkylation sites (tertiary alicyclic amines) is 1. The predicted molar refractivity (Wildman–Crippen MR) is 92.0 cm³/mol. The lowest BCUT2D eigenvalue weighted by Gasteiger charge is -2.15. The van der Waals surface area contributed by atoms with Crippen molar-refractivity contribution in [3.05, 3.63) is 42.5 Å². The molecule has 0 saturated carbocycles. The summed E-state index contributed by atoms with van der Waals surface area (Å²) in [5.41, 5.74) is 0.670. The molecule has 128 valence electrons.